The van der Waals surface area contributed by atoms with Crippen molar-refractivity contribution in [3.8, 4) is 10.6 Å². The third-order valence-corrected chi connectivity index (χ3v) is 4.61. The summed E-state index contributed by atoms with van der Waals surface area (Å²) in [5.41, 5.74) is 1.87. The van der Waals surface area contributed by atoms with Gasteiger partial charge in [-0.2, -0.15) is 11.3 Å². The predicted molar refractivity (Wildman–Crippen MR) is 83.6 cm³/mol. The second-order valence-electron chi connectivity index (χ2n) is 4.25. The van der Waals surface area contributed by atoms with Crippen molar-refractivity contribution in [3.63, 3.8) is 0 Å². The summed E-state index contributed by atoms with van der Waals surface area (Å²) in [5, 5.41) is 7.87. The van der Waals surface area contributed by atoms with Gasteiger partial charge in [0.15, 0.2) is 0 Å². The van der Waals surface area contributed by atoms with E-state index in [1.54, 1.807) is 11.3 Å². The summed E-state index contributed by atoms with van der Waals surface area (Å²) in [4.78, 5) is 17.3. The molecule has 1 amide bonds. The molecule has 0 atom stereocenters. The van der Waals surface area contributed by atoms with Crippen LogP contribution in [0.4, 0.5) is 0 Å². The Morgan fingerprint density at radius 3 is 3.05 bits per heavy atom. The maximum absolute atomic E-state index is 12.1. The topological polar surface area (TPSA) is 51.2 Å². The molecule has 20 heavy (non-hydrogen) atoms. The standard InChI is InChI=1S/C14H18N2O2S2/c1-3-18-7-4-6-15-13(17)12-10(2)16-14(20-12)11-5-8-19-9-11/h5,8-9H,3-4,6-7H2,1-2H3,(H,15,17). The highest BCUT2D eigenvalue weighted by Crippen LogP contribution is 2.29. The lowest BCUT2D eigenvalue weighted by Crippen LogP contribution is -2.25. The van der Waals surface area contributed by atoms with E-state index in [2.05, 4.69) is 10.3 Å². The number of hydrogen-bond acceptors (Lipinski definition) is 5. The van der Waals surface area contributed by atoms with Gasteiger partial charge in [0, 0.05) is 30.7 Å². The zero-order valence-electron chi connectivity index (χ0n) is 11.6. The molecule has 0 radical (unpaired) electrons. The number of thiophene rings is 1. The number of hydrogen-bond donors (Lipinski definition) is 1. The van der Waals surface area contributed by atoms with E-state index < -0.39 is 0 Å². The third-order valence-electron chi connectivity index (χ3n) is 2.73. The van der Waals surface area contributed by atoms with Gasteiger partial charge in [-0.1, -0.05) is 0 Å². The van der Waals surface area contributed by atoms with Crippen LogP contribution in [0.25, 0.3) is 10.6 Å². The normalized spacial score (nSPS) is 10.7. The van der Waals surface area contributed by atoms with Crippen LogP contribution in [0.2, 0.25) is 0 Å². The quantitative estimate of drug-likeness (QED) is 0.798. The molecule has 2 aromatic rings. The zero-order chi connectivity index (χ0) is 14.4. The van der Waals surface area contributed by atoms with Crippen LogP contribution in [-0.4, -0.2) is 30.6 Å². The van der Waals surface area contributed by atoms with Crippen LogP contribution in [-0.2, 0) is 4.74 Å². The van der Waals surface area contributed by atoms with Gasteiger partial charge in [0.05, 0.1) is 5.69 Å². The second-order valence-corrected chi connectivity index (χ2v) is 6.03. The van der Waals surface area contributed by atoms with E-state index in [1.807, 2.05) is 30.7 Å². The van der Waals surface area contributed by atoms with Gasteiger partial charge < -0.3 is 10.1 Å². The van der Waals surface area contributed by atoms with Gasteiger partial charge >= 0.3 is 0 Å². The fourth-order valence-corrected chi connectivity index (χ4v) is 3.41. The molecule has 1 N–H and O–H groups in total. The van der Waals surface area contributed by atoms with E-state index in [1.165, 1.54) is 11.3 Å². The molecule has 0 fully saturated rings. The molecule has 0 aliphatic rings. The largest absolute Gasteiger partial charge is 0.382 e. The number of amides is 1. The summed E-state index contributed by atoms with van der Waals surface area (Å²) in [7, 11) is 0. The SMILES string of the molecule is CCOCCCNC(=O)c1sc(-c2ccsc2)nc1C. The van der Waals surface area contributed by atoms with Crippen LogP contribution in [0.15, 0.2) is 16.8 Å². The van der Waals surface area contributed by atoms with Crippen LogP contribution in [0.3, 0.4) is 0 Å². The summed E-state index contributed by atoms with van der Waals surface area (Å²) in [5.74, 6) is -0.0435. The van der Waals surface area contributed by atoms with Gasteiger partial charge in [-0.25, -0.2) is 4.98 Å². The lowest BCUT2D eigenvalue weighted by molar-refractivity contribution is 0.0947. The molecule has 0 saturated carbocycles. The zero-order valence-corrected chi connectivity index (χ0v) is 13.3. The molecule has 6 heteroatoms. The average Bonchev–Trinajstić information content (AvgIpc) is 3.07. The highest BCUT2D eigenvalue weighted by Gasteiger charge is 2.15. The van der Waals surface area contributed by atoms with Gasteiger partial charge in [-0.05, 0) is 31.7 Å². The van der Waals surface area contributed by atoms with Gasteiger partial charge in [-0.15, -0.1) is 11.3 Å². The van der Waals surface area contributed by atoms with Crippen molar-refractivity contribution in [2.45, 2.75) is 20.3 Å². The van der Waals surface area contributed by atoms with E-state index in [9.17, 15) is 4.79 Å². The summed E-state index contributed by atoms with van der Waals surface area (Å²) < 4.78 is 5.24. The number of nitrogens with one attached hydrogen (secondary N) is 1. The number of carbonyl (C=O) groups excluding carboxylic acids is 1. The maximum atomic E-state index is 12.1. The number of aryl methyl sites for hydroxylation is 1. The number of thiazole rings is 1. The number of aromatic nitrogens is 1. The molecular weight excluding hydrogens is 292 g/mol. The van der Waals surface area contributed by atoms with Gasteiger partial charge in [0.1, 0.15) is 9.88 Å². The molecule has 0 aliphatic heterocycles. The monoisotopic (exact) mass is 310 g/mol. The van der Waals surface area contributed by atoms with Crippen molar-refractivity contribution in [2.24, 2.45) is 0 Å². The van der Waals surface area contributed by atoms with Crippen LogP contribution < -0.4 is 5.32 Å². The smallest absolute Gasteiger partial charge is 0.263 e. The van der Waals surface area contributed by atoms with Crippen molar-refractivity contribution in [1.29, 1.82) is 0 Å². The van der Waals surface area contributed by atoms with E-state index in [4.69, 9.17) is 4.74 Å². The summed E-state index contributed by atoms with van der Waals surface area (Å²) in [6.45, 7) is 5.86. The Labute approximate surface area is 126 Å². The minimum atomic E-state index is -0.0435. The van der Waals surface area contributed by atoms with Gasteiger partial charge in [-0.3, -0.25) is 4.79 Å². The average molecular weight is 310 g/mol. The number of carbonyl (C=O) groups is 1. The van der Waals surface area contributed by atoms with E-state index >= 15 is 0 Å². The first-order chi connectivity index (χ1) is 9.72. The fourth-order valence-electron chi connectivity index (χ4n) is 1.72. The van der Waals surface area contributed by atoms with Crippen LogP contribution in [0.5, 0.6) is 0 Å². The number of rotatable bonds is 7. The first-order valence-corrected chi connectivity index (χ1v) is 8.34. The molecule has 0 aliphatic carbocycles. The van der Waals surface area contributed by atoms with Crippen molar-refractivity contribution >= 4 is 28.6 Å². The lowest BCUT2D eigenvalue weighted by Gasteiger charge is -2.03. The van der Waals surface area contributed by atoms with E-state index in [0.717, 1.165) is 22.7 Å². The Bertz CT molecular complexity index is 550. The van der Waals surface area contributed by atoms with Crippen LogP contribution >= 0.6 is 22.7 Å². The Kier molecular flexibility index (Phi) is 5.70. The van der Waals surface area contributed by atoms with Crippen LogP contribution in [0, 0.1) is 6.92 Å². The van der Waals surface area contributed by atoms with Crippen molar-refractivity contribution in [1.82, 2.24) is 10.3 Å². The Hall–Kier alpha value is -1.24. The maximum Gasteiger partial charge on any atom is 0.263 e. The molecule has 0 bridgehead atoms. The third kappa shape index (κ3) is 3.88. The molecule has 108 valence electrons. The van der Waals surface area contributed by atoms with Crippen molar-refractivity contribution < 1.29 is 9.53 Å². The molecule has 2 rings (SSSR count). The molecule has 2 aromatic heterocycles. The summed E-state index contributed by atoms with van der Waals surface area (Å²) in [6, 6.07) is 2.02. The van der Waals surface area contributed by atoms with E-state index in [0.29, 0.717) is 24.6 Å². The first kappa shape index (κ1) is 15.2. The fraction of sp³-hybridized carbons (Fsp3) is 0.429. The highest BCUT2D eigenvalue weighted by atomic mass is 32.1. The lowest BCUT2D eigenvalue weighted by atomic mass is 10.3. The molecule has 0 spiro atoms. The predicted octanol–water partition coefficient (Wildman–Crippen LogP) is 3.34. The van der Waals surface area contributed by atoms with E-state index in [-0.39, 0.29) is 5.91 Å². The Morgan fingerprint density at radius 2 is 2.35 bits per heavy atom. The summed E-state index contributed by atoms with van der Waals surface area (Å²) >= 11 is 3.08. The van der Waals surface area contributed by atoms with Crippen molar-refractivity contribution in [2.75, 3.05) is 19.8 Å². The number of nitrogens with zero attached hydrogens (tertiary/aromatic N) is 1. The van der Waals surface area contributed by atoms with Crippen molar-refractivity contribution in [3.05, 3.63) is 27.4 Å². The Morgan fingerprint density at radius 1 is 1.50 bits per heavy atom. The first-order valence-electron chi connectivity index (χ1n) is 6.58. The summed E-state index contributed by atoms with van der Waals surface area (Å²) in [6.07, 6.45) is 0.828. The molecular formula is C14H18N2O2S2. The molecule has 4 nitrogen and oxygen atoms in total. The van der Waals surface area contributed by atoms with Crippen LogP contribution in [0.1, 0.15) is 28.7 Å². The molecule has 0 aromatic carbocycles. The molecule has 2 heterocycles. The minimum absolute atomic E-state index is 0.0435. The molecule has 0 saturated heterocycles. The Balaban J connectivity index is 1.93. The second kappa shape index (κ2) is 7.52. The molecule has 0 unspecified atom stereocenters. The minimum Gasteiger partial charge on any atom is -0.382 e. The highest BCUT2D eigenvalue weighted by molar-refractivity contribution is 7.17. The number of ether oxygens (including phenoxy) is 1. The van der Waals surface area contributed by atoms with Gasteiger partial charge in [0.25, 0.3) is 5.91 Å². The van der Waals surface area contributed by atoms with Gasteiger partial charge in [0.2, 0.25) is 0 Å².